The van der Waals surface area contributed by atoms with Gasteiger partial charge < -0.3 is 9.32 Å². The molecule has 3 heterocycles. The molecule has 1 saturated heterocycles. The zero-order valence-electron chi connectivity index (χ0n) is 17.0. The molecule has 0 N–H and O–H groups in total. The van der Waals surface area contributed by atoms with E-state index in [1.165, 1.54) is 17.8 Å². The first-order chi connectivity index (χ1) is 15.3. The van der Waals surface area contributed by atoms with Crippen molar-refractivity contribution in [2.75, 3.05) is 31.1 Å². The monoisotopic (exact) mass is 418 g/mol. The van der Waals surface area contributed by atoms with Crippen LogP contribution in [0.5, 0.6) is 0 Å². The second kappa shape index (κ2) is 8.69. The number of anilines is 1. The molecule has 0 unspecified atom stereocenters. The third-order valence-electron chi connectivity index (χ3n) is 5.68. The largest absolute Gasteiger partial charge is 0.467 e. The standard InChI is InChI=1S/C23H23FN6O/c24-19-10-8-18(9-11-19)22(23-25-26-27-30(23)17-21-7-4-16-31-21)29-14-12-28(13-15-29)20-5-2-1-3-6-20/h1-11,16,22H,12-15,17H2/t22-/m0/s1. The summed E-state index contributed by atoms with van der Waals surface area (Å²) in [5.41, 5.74) is 2.19. The molecule has 7 nitrogen and oxygen atoms in total. The molecule has 31 heavy (non-hydrogen) atoms. The summed E-state index contributed by atoms with van der Waals surface area (Å²) in [7, 11) is 0. The number of piperazine rings is 1. The molecular formula is C23H23FN6O. The molecule has 1 aliphatic heterocycles. The first kappa shape index (κ1) is 19.4. The smallest absolute Gasteiger partial charge is 0.173 e. The number of aromatic nitrogens is 4. The van der Waals surface area contributed by atoms with Crippen LogP contribution < -0.4 is 4.90 Å². The van der Waals surface area contributed by atoms with Gasteiger partial charge in [0.05, 0.1) is 12.3 Å². The molecule has 4 aromatic rings. The Bertz CT molecular complexity index is 1090. The van der Waals surface area contributed by atoms with Crippen LogP contribution in [0.2, 0.25) is 0 Å². The number of furan rings is 1. The highest BCUT2D eigenvalue weighted by molar-refractivity contribution is 5.46. The summed E-state index contributed by atoms with van der Waals surface area (Å²) in [6.45, 7) is 3.90. The molecule has 1 atom stereocenters. The molecule has 1 fully saturated rings. The number of hydrogen-bond acceptors (Lipinski definition) is 6. The van der Waals surface area contributed by atoms with Crippen molar-refractivity contribution in [1.29, 1.82) is 0 Å². The second-order valence-electron chi connectivity index (χ2n) is 7.59. The maximum Gasteiger partial charge on any atom is 0.173 e. The van der Waals surface area contributed by atoms with Gasteiger partial charge in [0.15, 0.2) is 5.82 Å². The highest BCUT2D eigenvalue weighted by Crippen LogP contribution is 2.29. The fraction of sp³-hybridized carbons (Fsp3) is 0.261. The summed E-state index contributed by atoms with van der Waals surface area (Å²) in [6, 6.07) is 20.6. The Kier molecular flexibility index (Phi) is 5.45. The molecular weight excluding hydrogens is 395 g/mol. The normalized spacial score (nSPS) is 15.8. The predicted molar refractivity (Wildman–Crippen MR) is 114 cm³/mol. The fourth-order valence-corrected chi connectivity index (χ4v) is 4.12. The van der Waals surface area contributed by atoms with Gasteiger partial charge in [-0.25, -0.2) is 9.07 Å². The van der Waals surface area contributed by atoms with E-state index in [1.54, 1.807) is 10.9 Å². The number of para-hydroxylation sites is 1. The molecule has 158 valence electrons. The molecule has 0 aliphatic carbocycles. The van der Waals surface area contributed by atoms with Gasteiger partial charge in [0.25, 0.3) is 0 Å². The average molecular weight is 418 g/mol. The number of benzene rings is 2. The quantitative estimate of drug-likeness (QED) is 0.479. The van der Waals surface area contributed by atoms with E-state index in [9.17, 15) is 4.39 Å². The Morgan fingerprint density at radius 2 is 1.68 bits per heavy atom. The number of tetrazole rings is 1. The fourth-order valence-electron chi connectivity index (χ4n) is 4.12. The second-order valence-corrected chi connectivity index (χ2v) is 7.59. The highest BCUT2D eigenvalue weighted by Gasteiger charge is 2.31. The lowest BCUT2D eigenvalue weighted by Gasteiger charge is -2.39. The minimum atomic E-state index is -0.258. The van der Waals surface area contributed by atoms with Crippen molar-refractivity contribution in [1.82, 2.24) is 25.1 Å². The van der Waals surface area contributed by atoms with Crippen molar-refractivity contribution in [3.63, 3.8) is 0 Å². The van der Waals surface area contributed by atoms with Gasteiger partial charge in [0.2, 0.25) is 0 Å². The summed E-state index contributed by atoms with van der Waals surface area (Å²) < 4.78 is 20.9. The summed E-state index contributed by atoms with van der Waals surface area (Å²) in [4.78, 5) is 4.74. The van der Waals surface area contributed by atoms with Crippen LogP contribution in [0.15, 0.2) is 77.4 Å². The van der Waals surface area contributed by atoms with Gasteiger partial charge in [-0.3, -0.25) is 4.90 Å². The Balaban J connectivity index is 1.43. The zero-order valence-corrected chi connectivity index (χ0v) is 17.0. The lowest BCUT2D eigenvalue weighted by molar-refractivity contribution is 0.200. The Morgan fingerprint density at radius 3 is 2.39 bits per heavy atom. The van der Waals surface area contributed by atoms with E-state index in [0.717, 1.165) is 43.3 Å². The van der Waals surface area contributed by atoms with E-state index in [-0.39, 0.29) is 11.9 Å². The highest BCUT2D eigenvalue weighted by atomic mass is 19.1. The maximum absolute atomic E-state index is 13.6. The first-order valence-electron chi connectivity index (χ1n) is 10.4. The summed E-state index contributed by atoms with van der Waals surface area (Å²) in [5, 5.41) is 12.5. The van der Waals surface area contributed by atoms with Crippen LogP contribution in [0.1, 0.15) is 23.2 Å². The summed E-state index contributed by atoms with van der Waals surface area (Å²) >= 11 is 0. The van der Waals surface area contributed by atoms with Crippen molar-refractivity contribution in [3.05, 3.63) is 96.0 Å². The van der Waals surface area contributed by atoms with Crippen molar-refractivity contribution in [2.24, 2.45) is 0 Å². The molecule has 5 rings (SSSR count). The molecule has 2 aromatic carbocycles. The maximum atomic E-state index is 13.6. The molecule has 0 spiro atoms. The van der Waals surface area contributed by atoms with Crippen molar-refractivity contribution in [2.45, 2.75) is 12.6 Å². The SMILES string of the molecule is Fc1ccc([C@@H](c2nnnn2Cc2ccco2)N2CCN(c3ccccc3)CC2)cc1. The van der Waals surface area contributed by atoms with E-state index in [1.807, 2.05) is 30.3 Å². The molecule has 2 aromatic heterocycles. The number of nitrogens with zero attached hydrogens (tertiary/aromatic N) is 6. The van der Waals surface area contributed by atoms with Crippen LogP contribution in [0.3, 0.4) is 0 Å². The molecule has 0 saturated carbocycles. The van der Waals surface area contributed by atoms with E-state index in [0.29, 0.717) is 6.54 Å². The lowest BCUT2D eigenvalue weighted by atomic mass is 10.0. The van der Waals surface area contributed by atoms with Crippen LogP contribution in [0.4, 0.5) is 10.1 Å². The predicted octanol–water partition coefficient (Wildman–Crippen LogP) is 3.37. The van der Waals surface area contributed by atoms with Crippen LogP contribution >= 0.6 is 0 Å². The number of hydrogen-bond donors (Lipinski definition) is 0. The molecule has 8 heteroatoms. The van der Waals surface area contributed by atoms with Gasteiger partial charge >= 0.3 is 0 Å². The minimum absolute atomic E-state index is 0.177. The minimum Gasteiger partial charge on any atom is -0.467 e. The Morgan fingerprint density at radius 1 is 0.903 bits per heavy atom. The molecule has 0 amide bonds. The van der Waals surface area contributed by atoms with E-state index >= 15 is 0 Å². The van der Waals surface area contributed by atoms with E-state index in [4.69, 9.17) is 4.42 Å². The lowest BCUT2D eigenvalue weighted by Crippen LogP contribution is -2.48. The third-order valence-corrected chi connectivity index (χ3v) is 5.68. The van der Waals surface area contributed by atoms with E-state index < -0.39 is 0 Å². The van der Waals surface area contributed by atoms with Gasteiger partial charge in [-0.05, 0) is 52.4 Å². The van der Waals surface area contributed by atoms with Gasteiger partial charge in [-0.15, -0.1) is 5.10 Å². The van der Waals surface area contributed by atoms with Crippen LogP contribution in [-0.2, 0) is 6.54 Å². The number of halogens is 1. The first-order valence-corrected chi connectivity index (χ1v) is 10.4. The zero-order chi connectivity index (χ0) is 21.0. The molecule has 0 bridgehead atoms. The average Bonchev–Trinajstić information content (AvgIpc) is 3.49. The van der Waals surface area contributed by atoms with Gasteiger partial charge in [-0.2, -0.15) is 0 Å². The summed E-state index contributed by atoms with van der Waals surface area (Å²) in [5.74, 6) is 1.24. The van der Waals surface area contributed by atoms with Crippen LogP contribution in [-0.4, -0.2) is 51.3 Å². The topological polar surface area (TPSA) is 63.2 Å². The van der Waals surface area contributed by atoms with Gasteiger partial charge in [0, 0.05) is 31.9 Å². The van der Waals surface area contributed by atoms with Gasteiger partial charge in [-0.1, -0.05) is 30.3 Å². The number of rotatable bonds is 6. The Hall–Kier alpha value is -3.52. The third kappa shape index (κ3) is 4.20. The van der Waals surface area contributed by atoms with Crippen LogP contribution in [0, 0.1) is 5.82 Å². The van der Waals surface area contributed by atoms with E-state index in [2.05, 4.69) is 49.6 Å². The van der Waals surface area contributed by atoms with Crippen molar-refractivity contribution >= 4 is 5.69 Å². The van der Waals surface area contributed by atoms with Crippen molar-refractivity contribution < 1.29 is 8.81 Å². The molecule has 0 radical (unpaired) electrons. The molecule has 1 aliphatic rings. The Labute approximate surface area is 179 Å². The van der Waals surface area contributed by atoms with Gasteiger partial charge in [0.1, 0.15) is 18.1 Å². The summed E-state index contributed by atoms with van der Waals surface area (Å²) in [6.07, 6.45) is 1.64. The van der Waals surface area contributed by atoms with Crippen LogP contribution in [0.25, 0.3) is 0 Å². The van der Waals surface area contributed by atoms with Crippen molar-refractivity contribution in [3.8, 4) is 0 Å².